The van der Waals surface area contributed by atoms with E-state index in [0.717, 1.165) is 0 Å². The van der Waals surface area contributed by atoms with Crippen LogP contribution < -0.4 is 9.47 Å². The van der Waals surface area contributed by atoms with Gasteiger partial charge in [0.15, 0.2) is 28.8 Å². The lowest BCUT2D eigenvalue weighted by Crippen LogP contribution is -2.60. The molecule has 4 rings (SSSR count). The summed E-state index contributed by atoms with van der Waals surface area (Å²) in [5.74, 6) is -2.09. The van der Waals surface area contributed by atoms with E-state index in [1.54, 1.807) is 0 Å². The number of carbonyl (C=O) groups is 1. The normalized spacial score (nSPS) is 29.8. The van der Waals surface area contributed by atoms with Crippen molar-refractivity contribution < 1.29 is 54.8 Å². The summed E-state index contributed by atoms with van der Waals surface area (Å²) in [5.41, 5.74) is 0.474. The third-order valence-corrected chi connectivity index (χ3v) is 5.49. The lowest BCUT2D eigenvalue weighted by atomic mass is 9.95. The van der Waals surface area contributed by atoms with Gasteiger partial charge < -0.3 is 50.0 Å². The topological polar surface area (TPSA) is 186 Å². The minimum absolute atomic E-state index is 0.0798. The summed E-state index contributed by atoms with van der Waals surface area (Å²) in [6, 6.07) is 6.55. The summed E-state index contributed by atoms with van der Waals surface area (Å²) < 4.78 is 16.5. The molecule has 1 saturated heterocycles. The number of phenolic OH excluding ortho intramolecular Hbond substituents is 3. The van der Waals surface area contributed by atoms with Crippen molar-refractivity contribution in [1.29, 1.82) is 0 Å². The van der Waals surface area contributed by atoms with E-state index in [-0.39, 0.29) is 35.0 Å². The monoisotopic (exact) mass is 450 g/mol. The van der Waals surface area contributed by atoms with E-state index in [1.807, 2.05) is 0 Å². The highest BCUT2D eigenvalue weighted by Crippen LogP contribution is 2.46. The summed E-state index contributed by atoms with van der Waals surface area (Å²) >= 11 is 0. The molecular weight excluding hydrogens is 428 g/mol. The van der Waals surface area contributed by atoms with Crippen molar-refractivity contribution in [3.63, 3.8) is 0 Å². The lowest BCUT2D eigenvalue weighted by molar-refractivity contribution is -0.277. The number of ketones is 1. The first-order chi connectivity index (χ1) is 15.2. The van der Waals surface area contributed by atoms with Crippen LogP contribution in [0, 0.1) is 0 Å². The Kier molecular flexibility index (Phi) is 5.84. The van der Waals surface area contributed by atoms with Gasteiger partial charge in [-0.25, -0.2) is 0 Å². The van der Waals surface area contributed by atoms with Gasteiger partial charge in [0.25, 0.3) is 0 Å². The molecule has 2 aromatic rings. The number of aliphatic hydroxyl groups excluding tert-OH is 4. The van der Waals surface area contributed by atoms with Crippen molar-refractivity contribution in [3.8, 4) is 28.7 Å². The van der Waals surface area contributed by atoms with Crippen LogP contribution in [0.15, 0.2) is 30.3 Å². The molecule has 0 spiro atoms. The number of fused-ring (bicyclic) bond motifs is 1. The molecule has 7 N–H and O–H groups in total. The van der Waals surface area contributed by atoms with Crippen molar-refractivity contribution >= 4 is 5.78 Å². The molecule has 0 aromatic heterocycles. The summed E-state index contributed by atoms with van der Waals surface area (Å²) in [6.07, 6.45) is -8.64. The van der Waals surface area contributed by atoms with Crippen molar-refractivity contribution in [2.75, 3.05) is 6.61 Å². The van der Waals surface area contributed by atoms with Gasteiger partial charge in [-0.15, -0.1) is 0 Å². The predicted octanol–water partition coefficient (Wildman–Crippen LogP) is -0.311. The molecule has 6 atom stereocenters. The fraction of sp³-hybridized carbons (Fsp3) is 0.381. The Morgan fingerprint density at radius 2 is 1.72 bits per heavy atom. The van der Waals surface area contributed by atoms with E-state index < -0.39 is 54.9 Å². The van der Waals surface area contributed by atoms with Gasteiger partial charge in [0.05, 0.1) is 18.6 Å². The standard InChI is InChI=1S/C21H22O11/c22-7-15-16(26)18(28)19(29)21(32-15)31-13-4-2-9-11(24)6-14(30-20(9)17(13)27)8-1-3-10(23)12(25)5-8/h1-5,14-16,18-19,21-23,25-29H,6-7H2/t14?,15-,16-,18+,19-,21-/m1/s1. The fourth-order valence-corrected chi connectivity index (χ4v) is 3.67. The summed E-state index contributed by atoms with van der Waals surface area (Å²) in [5, 5.41) is 69.1. The quantitative estimate of drug-likeness (QED) is 0.303. The van der Waals surface area contributed by atoms with Crippen LogP contribution in [-0.4, -0.2) is 78.8 Å². The number of hydrogen-bond donors (Lipinski definition) is 7. The Bertz CT molecular complexity index is 1020. The first-order valence-corrected chi connectivity index (χ1v) is 9.76. The van der Waals surface area contributed by atoms with Crippen molar-refractivity contribution in [3.05, 3.63) is 41.5 Å². The van der Waals surface area contributed by atoms with Gasteiger partial charge in [-0.1, -0.05) is 6.07 Å². The molecule has 2 aliphatic heterocycles. The highest BCUT2D eigenvalue weighted by Gasteiger charge is 2.45. The van der Waals surface area contributed by atoms with Crippen molar-refractivity contribution in [1.82, 2.24) is 0 Å². The van der Waals surface area contributed by atoms with Crippen molar-refractivity contribution in [2.24, 2.45) is 0 Å². The van der Waals surface area contributed by atoms with Crippen LogP contribution in [0.2, 0.25) is 0 Å². The largest absolute Gasteiger partial charge is 0.504 e. The maximum atomic E-state index is 12.6. The van der Waals surface area contributed by atoms with Gasteiger partial charge in [0.1, 0.15) is 30.5 Å². The number of phenols is 3. The Morgan fingerprint density at radius 3 is 2.41 bits per heavy atom. The summed E-state index contributed by atoms with van der Waals surface area (Å²) in [7, 11) is 0. The molecular formula is C21H22O11. The molecule has 0 saturated carbocycles. The van der Waals surface area contributed by atoms with E-state index in [2.05, 4.69) is 0 Å². The molecule has 172 valence electrons. The van der Waals surface area contributed by atoms with Crippen LogP contribution in [0.4, 0.5) is 0 Å². The number of rotatable bonds is 4. The molecule has 2 aromatic carbocycles. The number of ether oxygens (including phenoxy) is 3. The van der Waals surface area contributed by atoms with E-state index in [0.29, 0.717) is 5.56 Å². The van der Waals surface area contributed by atoms with Gasteiger partial charge in [0, 0.05) is 0 Å². The summed E-state index contributed by atoms with van der Waals surface area (Å²) in [6.45, 7) is -0.653. The number of carbonyl (C=O) groups excluding carboxylic acids is 1. The first kappa shape index (κ1) is 22.1. The van der Waals surface area contributed by atoms with Crippen LogP contribution in [0.3, 0.4) is 0 Å². The second kappa shape index (κ2) is 8.45. The molecule has 11 heteroatoms. The molecule has 0 radical (unpaired) electrons. The van der Waals surface area contributed by atoms with Gasteiger partial charge in [-0.2, -0.15) is 0 Å². The third kappa shape index (κ3) is 3.80. The number of Topliss-reactive ketones (excluding diaryl/α,β-unsaturated/α-hetero) is 1. The lowest BCUT2D eigenvalue weighted by Gasteiger charge is -2.39. The average Bonchev–Trinajstić information content (AvgIpc) is 2.77. The zero-order valence-electron chi connectivity index (χ0n) is 16.5. The molecule has 0 bridgehead atoms. The second-order valence-electron chi connectivity index (χ2n) is 7.59. The van der Waals surface area contributed by atoms with E-state index in [4.69, 9.17) is 14.2 Å². The van der Waals surface area contributed by atoms with Crippen LogP contribution in [0.1, 0.15) is 28.4 Å². The number of aliphatic hydroxyl groups is 4. The van der Waals surface area contributed by atoms with E-state index in [9.17, 15) is 40.5 Å². The molecule has 2 aliphatic rings. The molecule has 1 fully saturated rings. The highest BCUT2D eigenvalue weighted by atomic mass is 16.7. The molecule has 1 unspecified atom stereocenters. The van der Waals surface area contributed by atoms with Crippen LogP contribution in [0.25, 0.3) is 0 Å². The Hall–Kier alpha value is -3.09. The molecule has 32 heavy (non-hydrogen) atoms. The SMILES string of the molecule is O=C1CC(c2ccc(O)c(O)c2)Oc2c1ccc(O[C@@H]1O[C@H](CO)[C@@H](O)[C@H](O)[C@H]1O)c2O. The van der Waals surface area contributed by atoms with E-state index >= 15 is 0 Å². The molecule has 2 heterocycles. The Morgan fingerprint density at radius 1 is 0.969 bits per heavy atom. The summed E-state index contributed by atoms with van der Waals surface area (Å²) in [4.78, 5) is 12.6. The Labute approximate surface area is 181 Å². The zero-order chi connectivity index (χ0) is 23.2. The van der Waals surface area contributed by atoms with Gasteiger partial charge >= 0.3 is 0 Å². The maximum absolute atomic E-state index is 12.6. The van der Waals surface area contributed by atoms with Gasteiger partial charge in [-0.3, -0.25) is 4.79 Å². The molecule has 11 nitrogen and oxygen atoms in total. The van der Waals surface area contributed by atoms with Crippen LogP contribution in [0.5, 0.6) is 28.7 Å². The minimum Gasteiger partial charge on any atom is -0.504 e. The Balaban J connectivity index is 1.61. The smallest absolute Gasteiger partial charge is 0.229 e. The number of aromatic hydroxyl groups is 3. The van der Waals surface area contributed by atoms with Gasteiger partial charge in [0.2, 0.25) is 12.0 Å². The maximum Gasteiger partial charge on any atom is 0.229 e. The zero-order valence-corrected chi connectivity index (χ0v) is 16.5. The molecule has 0 aliphatic carbocycles. The van der Waals surface area contributed by atoms with E-state index in [1.165, 1.54) is 30.3 Å². The predicted molar refractivity (Wildman–Crippen MR) is 105 cm³/mol. The molecule has 0 amide bonds. The average molecular weight is 450 g/mol. The first-order valence-electron chi connectivity index (χ1n) is 9.76. The van der Waals surface area contributed by atoms with Gasteiger partial charge in [-0.05, 0) is 29.8 Å². The second-order valence-corrected chi connectivity index (χ2v) is 7.59. The number of benzene rings is 2. The van der Waals surface area contributed by atoms with Crippen LogP contribution in [-0.2, 0) is 4.74 Å². The minimum atomic E-state index is -1.70. The fourth-order valence-electron chi connectivity index (χ4n) is 3.67. The van der Waals surface area contributed by atoms with Crippen LogP contribution >= 0.6 is 0 Å². The number of hydrogen-bond acceptors (Lipinski definition) is 11. The third-order valence-electron chi connectivity index (χ3n) is 5.49. The van der Waals surface area contributed by atoms with Crippen molar-refractivity contribution in [2.45, 2.75) is 43.2 Å². The highest BCUT2D eigenvalue weighted by molar-refractivity contribution is 6.01.